The normalized spacial score (nSPS) is 9.87. The third-order valence-electron chi connectivity index (χ3n) is 1.60. The smallest absolute Gasteiger partial charge is 0.226 e. The van der Waals surface area contributed by atoms with E-state index in [1.165, 1.54) is 6.07 Å². The van der Waals surface area contributed by atoms with E-state index in [-0.39, 0.29) is 11.8 Å². The van der Waals surface area contributed by atoms with Gasteiger partial charge < -0.3 is 16.2 Å². The number of ether oxygens (including phenoxy) is 1. The molecule has 0 unspecified atom stereocenters. The number of hydrogen-bond donors (Lipinski definition) is 2. The molecule has 15 heavy (non-hydrogen) atoms. The van der Waals surface area contributed by atoms with Crippen molar-refractivity contribution in [3.8, 4) is 11.6 Å². The van der Waals surface area contributed by atoms with E-state index in [0.29, 0.717) is 11.6 Å². The number of nitrogens with two attached hydrogens (primary N) is 2. The number of pyridine rings is 1. The van der Waals surface area contributed by atoms with E-state index >= 15 is 0 Å². The van der Waals surface area contributed by atoms with Gasteiger partial charge in [0.1, 0.15) is 11.6 Å². The molecule has 0 amide bonds. The molecule has 0 radical (unpaired) electrons. The number of nitrogens with zero attached hydrogens (tertiary/aromatic N) is 3. The van der Waals surface area contributed by atoms with Gasteiger partial charge in [0.15, 0.2) is 0 Å². The highest BCUT2D eigenvalue weighted by Gasteiger charge is 2.01. The molecule has 0 aliphatic heterocycles. The Labute approximate surface area is 85.9 Å². The van der Waals surface area contributed by atoms with Crippen LogP contribution in [0.1, 0.15) is 0 Å². The minimum atomic E-state index is 0.0777. The largest absolute Gasteiger partial charge is 0.437 e. The van der Waals surface area contributed by atoms with Crippen LogP contribution in [-0.4, -0.2) is 15.0 Å². The first kappa shape index (κ1) is 9.20. The van der Waals surface area contributed by atoms with Crippen molar-refractivity contribution in [3.63, 3.8) is 0 Å². The fraction of sp³-hybridized carbons (Fsp3) is 0. The zero-order valence-corrected chi connectivity index (χ0v) is 7.79. The monoisotopic (exact) mass is 203 g/mol. The van der Waals surface area contributed by atoms with Crippen LogP contribution in [-0.2, 0) is 0 Å². The number of anilines is 2. The van der Waals surface area contributed by atoms with Gasteiger partial charge in [-0.25, -0.2) is 0 Å². The van der Waals surface area contributed by atoms with Gasteiger partial charge >= 0.3 is 0 Å². The lowest BCUT2D eigenvalue weighted by molar-refractivity contribution is 0.461. The van der Waals surface area contributed by atoms with E-state index in [2.05, 4.69) is 15.0 Å². The van der Waals surface area contributed by atoms with Crippen molar-refractivity contribution in [3.05, 3.63) is 30.6 Å². The van der Waals surface area contributed by atoms with Gasteiger partial charge in [-0.3, -0.25) is 4.98 Å². The maximum Gasteiger partial charge on any atom is 0.226 e. The minimum absolute atomic E-state index is 0.0777. The summed E-state index contributed by atoms with van der Waals surface area (Å²) >= 11 is 0. The average molecular weight is 203 g/mol. The van der Waals surface area contributed by atoms with Crippen molar-refractivity contribution >= 4 is 11.8 Å². The molecule has 6 heteroatoms. The van der Waals surface area contributed by atoms with E-state index in [1.54, 1.807) is 24.5 Å². The summed E-state index contributed by atoms with van der Waals surface area (Å²) in [4.78, 5) is 11.5. The maximum atomic E-state index is 5.49. The van der Waals surface area contributed by atoms with Crippen molar-refractivity contribution in [1.82, 2.24) is 15.0 Å². The maximum absolute atomic E-state index is 5.49. The molecule has 0 bridgehead atoms. The first-order valence-electron chi connectivity index (χ1n) is 4.22. The van der Waals surface area contributed by atoms with Gasteiger partial charge in [0.05, 0.1) is 6.20 Å². The Kier molecular flexibility index (Phi) is 2.32. The van der Waals surface area contributed by atoms with Gasteiger partial charge in [0.2, 0.25) is 11.8 Å². The Morgan fingerprint density at radius 2 is 2.07 bits per heavy atom. The summed E-state index contributed by atoms with van der Waals surface area (Å²) in [5.41, 5.74) is 10.9. The van der Waals surface area contributed by atoms with E-state index < -0.39 is 0 Å². The summed E-state index contributed by atoms with van der Waals surface area (Å²) in [5, 5.41) is 0. The fourth-order valence-corrected chi connectivity index (χ4v) is 1.04. The third kappa shape index (κ3) is 2.31. The van der Waals surface area contributed by atoms with E-state index in [4.69, 9.17) is 16.2 Å². The van der Waals surface area contributed by atoms with Crippen LogP contribution in [0.25, 0.3) is 0 Å². The Morgan fingerprint density at radius 1 is 1.20 bits per heavy atom. The highest BCUT2D eigenvalue weighted by atomic mass is 16.5. The van der Waals surface area contributed by atoms with Crippen molar-refractivity contribution in [2.24, 2.45) is 0 Å². The molecule has 76 valence electrons. The molecular formula is C9H9N5O. The summed E-state index contributed by atoms with van der Waals surface area (Å²) in [7, 11) is 0. The zero-order chi connectivity index (χ0) is 10.7. The highest BCUT2D eigenvalue weighted by molar-refractivity contribution is 5.39. The number of hydrogen-bond acceptors (Lipinski definition) is 6. The lowest BCUT2D eigenvalue weighted by Crippen LogP contribution is -2.00. The minimum Gasteiger partial charge on any atom is -0.437 e. The van der Waals surface area contributed by atoms with E-state index in [9.17, 15) is 0 Å². The number of nitrogen functional groups attached to an aromatic ring is 2. The molecule has 0 fully saturated rings. The predicted molar refractivity (Wildman–Crippen MR) is 55.2 cm³/mol. The van der Waals surface area contributed by atoms with Gasteiger partial charge in [-0.1, -0.05) is 0 Å². The van der Waals surface area contributed by atoms with Crippen molar-refractivity contribution in [2.75, 3.05) is 11.5 Å². The van der Waals surface area contributed by atoms with Crippen LogP contribution >= 0.6 is 0 Å². The molecule has 2 aromatic rings. The van der Waals surface area contributed by atoms with Crippen LogP contribution in [0.3, 0.4) is 0 Å². The van der Waals surface area contributed by atoms with Crippen LogP contribution in [0.15, 0.2) is 30.6 Å². The zero-order valence-electron chi connectivity index (χ0n) is 7.79. The van der Waals surface area contributed by atoms with Gasteiger partial charge in [-0.15, -0.1) is 0 Å². The second-order valence-corrected chi connectivity index (χ2v) is 2.78. The fourth-order valence-electron chi connectivity index (χ4n) is 1.04. The van der Waals surface area contributed by atoms with Crippen LogP contribution in [0.5, 0.6) is 11.6 Å². The van der Waals surface area contributed by atoms with Crippen molar-refractivity contribution in [1.29, 1.82) is 0 Å². The molecule has 6 nitrogen and oxygen atoms in total. The predicted octanol–water partition coefficient (Wildman–Crippen LogP) is 0.828. The molecular weight excluding hydrogens is 194 g/mol. The van der Waals surface area contributed by atoms with Crippen LogP contribution in [0.4, 0.5) is 11.8 Å². The Bertz CT molecular complexity index is 439. The lowest BCUT2D eigenvalue weighted by Gasteiger charge is -2.04. The van der Waals surface area contributed by atoms with Crippen LogP contribution in [0, 0.1) is 0 Å². The Balaban J connectivity index is 2.25. The molecule has 0 saturated heterocycles. The molecule has 2 heterocycles. The lowest BCUT2D eigenvalue weighted by atomic mass is 10.4. The van der Waals surface area contributed by atoms with Gasteiger partial charge in [0, 0.05) is 12.3 Å². The summed E-state index contributed by atoms with van der Waals surface area (Å²) in [6.07, 6.45) is 3.21. The summed E-state index contributed by atoms with van der Waals surface area (Å²) in [5.74, 6) is 1.21. The molecule has 0 saturated carbocycles. The summed E-state index contributed by atoms with van der Waals surface area (Å²) < 4.78 is 5.37. The molecule has 0 aliphatic carbocycles. The SMILES string of the molecule is Nc1cc(Oc2cccnc2)nc(N)n1. The van der Waals surface area contributed by atoms with Crippen molar-refractivity contribution < 1.29 is 4.74 Å². The average Bonchev–Trinajstić information content (AvgIpc) is 2.17. The third-order valence-corrected chi connectivity index (χ3v) is 1.60. The standard InChI is InChI=1S/C9H9N5O/c10-7-4-8(14-9(11)13-7)15-6-2-1-3-12-5-6/h1-5H,(H4,10,11,13,14). The first-order chi connectivity index (χ1) is 7.24. The van der Waals surface area contributed by atoms with Gasteiger partial charge in [-0.2, -0.15) is 9.97 Å². The Morgan fingerprint density at radius 3 is 2.73 bits per heavy atom. The molecule has 2 aromatic heterocycles. The second-order valence-electron chi connectivity index (χ2n) is 2.78. The quantitative estimate of drug-likeness (QED) is 0.749. The van der Waals surface area contributed by atoms with E-state index in [0.717, 1.165) is 0 Å². The molecule has 4 N–H and O–H groups in total. The molecule has 0 spiro atoms. The molecule has 0 aromatic carbocycles. The summed E-state index contributed by atoms with van der Waals surface area (Å²) in [6.45, 7) is 0. The number of rotatable bonds is 2. The van der Waals surface area contributed by atoms with Gasteiger partial charge in [-0.05, 0) is 12.1 Å². The Hall–Kier alpha value is -2.37. The topological polar surface area (TPSA) is 99.9 Å². The van der Waals surface area contributed by atoms with Crippen LogP contribution in [0.2, 0.25) is 0 Å². The summed E-state index contributed by atoms with van der Waals surface area (Å²) in [6, 6.07) is 4.99. The van der Waals surface area contributed by atoms with Crippen molar-refractivity contribution in [2.45, 2.75) is 0 Å². The molecule has 2 rings (SSSR count). The molecule has 0 atom stereocenters. The second kappa shape index (κ2) is 3.79. The first-order valence-corrected chi connectivity index (χ1v) is 4.22. The number of aromatic nitrogens is 3. The van der Waals surface area contributed by atoms with Crippen LogP contribution < -0.4 is 16.2 Å². The molecule has 0 aliphatic rings. The highest BCUT2D eigenvalue weighted by Crippen LogP contribution is 2.19. The van der Waals surface area contributed by atoms with Gasteiger partial charge in [0.25, 0.3) is 0 Å². The van der Waals surface area contributed by atoms with E-state index in [1.807, 2.05) is 0 Å².